The van der Waals surface area contributed by atoms with Crippen LogP contribution in [-0.2, 0) is 10.0 Å². The van der Waals surface area contributed by atoms with E-state index in [1.54, 1.807) is 0 Å². The van der Waals surface area contributed by atoms with E-state index < -0.39 is 10.0 Å². The summed E-state index contributed by atoms with van der Waals surface area (Å²) in [5.41, 5.74) is 0. The van der Waals surface area contributed by atoms with Gasteiger partial charge >= 0.3 is 0 Å². The minimum Gasteiger partial charge on any atom is -0.396 e. The van der Waals surface area contributed by atoms with Gasteiger partial charge in [0.15, 0.2) is 0 Å². The first-order valence-corrected chi connectivity index (χ1v) is 7.65. The van der Waals surface area contributed by atoms with E-state index in [1.807, 2.05) is 0 Å². The maximum absolute atomic E-state index is 11.9. The first kappa shape index (κ1) is 15.4. The Morgan fingerprint density at radius 2 is 2.00 bits per heavy atom. The van der Waals surface area contributed by atoms with Crippen LogP contribution in [0.1, 0.15) is 25.7 Å². The zero-order valence-electron chi connectivity index (χ0n) is 9.97. The Kier molecular flexibility index (Phi) is 6.56. The van der Waals surface area contributed by atoms with Crippen LogP contribution >= 0.6 is 11.6 Å². The minimum atomic E-state index is -3.58. The molecule has 0 unspecified atom stereocenters. The maximum atomic E-state index is 11.9. The molecule has 0 fully saturated rings. The molecule has 0 atom stereocenters. The number of nitrogens with one attached hydrogen (secondary N) is 1. The molecule has 5 nitrogen and oxygen atoms in total. The molecule has 0 saturated heterocycles. The van der Waals surface area contributed by atoms with Gasteiger partial charge < -0.3 is 5.11 Å². The fourth-order valence-electron chi connectivity index (χ4n) is 1.45. The van der Waals surface area contributed by atoms with E-state index in [4.69, 9.17) is 16.7 Å². The third kappa shape index (κ3) is 4.89. The van der Waals surface area contributed by atoms with E-state index in [0.717, 1.165) is 25.7 Å². The second-order valence-electron chi connectivity index (χ2n) is 3.83. The summed E-state index contributed by atoms with van der Waals surface area (Å²) in [6, 6.07) is 2.95. The maximum Gasteiger partial charge on any atom is 0.243 e. The standard InChI is InChI=1S/C11H17ClN2O3S/c12-11-10(6-5-7-13-11)18(16,17)14-8-3-1-2-4-9-15/h5-7,14-15H,1-4,8-9H2. The number of unbranched alkanes of at least 4 members (excludes halogenated alkanes) is 3. The van der Waals surface area contributed by atoms with Gasteiger partial charge in [0.25, 0.3) is 0 Å². The molecule has 0 amide bonds. The van der Waals surface area contributed by atoms with Gasteiger partial charge in [-0.3, -0.25) is 0 Å². The Balaban J connectivity index is 2.44. The SMILES string of the molecule is O=S(=O)(NCCCCCCO)c1cccnc1Cl. The quantitative estimate of drug-likeness (QED) is 0.563. The topological polar surface area (TPSA) is 79.3 Å². The normalized spacial score (nSPS) is 11.7. The molecule has 0 bridgehead atoms. The van der Waals surface area contributed by atoms with Crippen LogP contribution in [-0.4, -0.2) is 31.7 Å². The monoisotopic (exact) mass is 292 g/mol. The molecule has 0 aliphatic carbocycles. The predicted octanol–water partition coefficient (Wildman–Crippen LogP) is 1.57. The van der Waals surface area contributed by atoms with Crippen molar-refractivity contribution in [1.82, 2.24) is 9.71 Å². The van der Waals surface area contributed by atoms with E-state index in [9.17, 15) is 8.42 Å². The zero-order valence-corrected chi connectivity index (χ0v) is 11.5. The third-order valence-electron chi connectivity index (χ3n) is 2.39. The summed E-state index contributed by atoms with van der Waals surface area (Å²) in [6.45, 7) is 0.538. The van der Waals surface area contributed by atoms with Gasteiger partial charge in [-0.05, 0) is 25.0 Å². The molecule has 0 radical (unpaired) electrons. The van der Waals surface area contributed by atoms with Gasteiger partial charge in [0.05, 0.1) is 0 Å². The highest BCUT2D eigenvalue weighted by Crippen LogP contribution is 2.17. The lowest BCUT2D eigenvalue weighted by Gasteiger charge is -2.07. The van der Waals surface area contributed by atoms with Crippen molar-refractivity contribution in [3.05, 3.63) is 23.5 Å². The smallest absolute Gasteiger partial charge is 0.243 e. The van der Waals surface area contributed by atoms with Crippen molar-refractivity contribution >= 4 is 21.6 Å². The summed E-state index contributed by atoms with van der Waals surface area (Å²) >= 11 is 5.73. The molecule has 102 valence electrons. The fourth-order valence-corrected chi connectivity index (χ4v) is 2.97. The van der Waals surface area contributed by atoms with Crippen LogP contribution in [0.3, 0.4) is 0 Å². The van der Waals surface area contributed by atoms with Crippen molar-refractivity contribution in [3.8, 4) is 0 Å². The largest absolute Gasteiger partial charge is 0.396 e. The Morgan fingerprint density at radius 3 is 2.67 bits per heavy atom. The van der Waals surface area contributed by atoms with E-state index in [-0.39, 0.29) is 16.7 Å². The molecule has 1 heterocycles. The predicted molar refractivity (Wildman–Crippen MR) is 70.0 cm³/mol. The summed E-state index contributed by atoms with van der Waals surface area (Å²) in [4.78, 5) is 3.73. The van der Waals surface area contributed by atoms with E-state index >= 15 is 0 Å². The number of aromatic nitrogens is 1. The number of halogens is 1. The number of hydrogen-bond donors (Lipinski definition) is 2. The summed E-state index contributed by atoms with van der Waals surface area (Å²) < 4.78 is 26.2. The molecule has 0 saturated carbocycles. The lowest BCUT2D eigenvalue weighted by molar-refractivity contribution is 0.282. The number of aliphatic hydroxyl groups excluding tert-OH is 1. The van der Waals surface area contributed by atoms with E-state index in [2.05, 4.69) is 9.71 Å². The van der Waals surface area contributed by atoms with Gasteiger partial charge in [-0.1, -0.05) is 24.4 Å². The van der Waals surface area contributed by atoms with E-state index in [0.29, 0.717) is 6.54 Å². The van der Waals surface area contributed by atoms with Crippen molar-refractivity contribution in [3.63, 3.8) is 0 Å². The molecule has 0 aliphatic rings. The lowest BCUT2D eigenvalue weighted by Crippen LogP contribution is -2.25. The molecule has 2 N–H and O–H groups in total. The Hall–Kier alpha value is -0.690. The van der Waals surface area contributed by atoms with Gasteiger partial charge in [0.1, 0.15) is 10.0 Å². The number of aliphatic hydroxyl groups is 1. The van der Waals surface area contributed by atoms with Crippen LogP contribution in [0.4, 0.5) is 0 Å². The fraction of sp³-hybridized carbons (Fsp3) is 0.545. The molecule has 18 heavy (non-hydrogen) atoms. The molecule has 0 aromatic carbocycles. The molecule has 0 spiro atoms. The van der Waals surface area contributed by atoms with Gasteiger partial charge in [-0.25, -0.2) is 18.1 Å². The first-order chi connectivity index (χ1) is 8.58. The molecular weight excluding hydrogens is 276 g/mol. The molecule has 7 heteroatoms. The van der Waals surface area contributed by atoms with Gasteiger partial charge in [0, 0.05) is 19.3 Å². The van der Waals surface area contributed by atoms with Gasteiger partial charge in [0.2, 0.25) is 10.0 Å². The Labute approximate surface area is 112 Å². The van der Waals surface area contributed by atoms with Crippen LogP contribution < -0.4 is 4.72 Å². The highest BCUT2D eigenvalue weighted by Gasteiger charge is 2.17. The van der Waals surface area contributed by atoms with Crippen molar-refractivity contribution in [2.24, 2.45) is 0 Å². The van der Waals surface area contributed by atoms with Crippen molar-refractivity contribution < 1.29 is 13.5 Å². The lowest BCUT2D eigenvalue weighted by atomic mass is 10.2. The molecule has 1 aromatic rings. The Morgan fingerprint density at radius 1 is 1.28 bits per heavy atom. The number of rotatable bonds is 8. The van der Waals surface area contributed by atoms with Crippen LogP contribution in [0.2, 0.25) is 5.15 Å². The average Bonchev–Trinajstić information content (AvgIpc) is 2.34. The highest BCUT2D eigenvalue weighted by molar-refractivity contribution is 7.89. The number of hydrogen-bond acceptors (Lipinski definition) is 4. The summed E-state index contributed by atoms with van der Waals surface area (Å²) in [5, 5.41) is 8.58. The molecule has 0 aliphatic heterocycles. The third-order valence-corrected chi connectivity index (χ3v) is 4.30. The summed E-state index contributed by atoms with van der Waals surface area (Å²) in [5.74, 6) is 0. The summed E-state index contributed by atoms with van der Waals surface area (Å²) in [7, 11) is -3.58. The molecule has 1 aromatic heterocycles. The van der Waals surface area contributed by atoms with Crippen LogP contribution in [0.5, 0.6) is 0 Å². The van der Waals surface area contributed by atoms with Crippen LogP contribution in [0.25, 0.3) is 0 Å². The zero-order chi connectivity index (χ0) is 13.4. The Bertz CT molecular complexity index is 465. The van der Waals surface area contributed by atoms with Gasteiger partial charge in [-0.2, -0.15) is 0 Å². The van der Waals surface area contributed by atoms with Crippen LogP contribution in [0, 0.1) is 0 Å². The van der Waals surface area contributed by atoms with Crippen molar-refractivity contribution in [2.75, 3.05) is 13.2 Å². The van der Waals surface area contributed by atoms with E-state index in [1.165, 1.54) is 18.3 Å². The average molecular weight is 293 g/mol. The molecule has 1 rings (SSSR count). The number of sulfonamides is 1. The minimum absolute atomic E-state index is 0.00187. The second kappa shape index (κ2) is 7.68. The highest BCUT2D eigenvalue weighted by atomic mass is 35.5. The second-order valence-corrected chi connectivity index (χ2v) is 5.92. The van der Waals surface area contributed by atoms with Crippen molar-refractivity contribution in [2.45, 2.75) is 30.6 Å². The van der Waals surface area contributed by atoms with Gasteiger partial charge in [-0.15, -0.1) is 0 Å². The number of pyridine rings is 1. The first-order valence-electron chi connectivity index (χ1n) is 5.79. The molecular formula is C11H17ClN2O3S. The summed E-state index contributed by atoms with van der Waals surface area (Å²) in [6.07, 6.45) is 4.70. The van der Waals surface area contributed by atoms with Crippen molar-refractivity contribution in [1.29, 1.82) is 0 Å². The number of nitrogens with zero attached hydrogens (tertiary/aromatic N) is 1. The van der Waals surface area contributed by atoms with Crippen LogP contribution in [0.15, 0.2) is 23.2 Å².